The van der Waals surface area contributed by atoms with E-state index in [4.69, 9.17) is 8.85 Å². The summed E-state index contributed by atoms with van der Waals surface area (Å²) < 4.78 is 13.7. The summed E-state index contributed by atoms with van der Waals surface area (Å²) in [4.78, 5) is 0. The highest BCUT2D eigenvalue weighted by Gasteiger charge is 2.40. The molecule has 3 rings (SSSR count). The van der Waals surface area contributed by atoms with Crippen LogP contribution < -0.4 is 14.2 Å². The average Bonchev–Trinajstić information content (AvgIpc) is 2.81. The molecule has 2 aromatic carbocycles. The van der Waals surface area contributed by atoms with Crippen LogP contribution in [0.15, 0.2) is 24.3 Å². The number of nitrogens with one attached hydrogen (secondary N) is 1. The van der Waals surface area contributed by atoms with Crippen LogP contribution in [0.25, 0.3) is 0 Å². The third-order valence-electron chi connectivity index (χ3n) is 10.1. The number of aryl methyl sites for hydroxylation is 4. The standard InChI is InChI=1S/C35H59NO2Si2/c1-24-19-29(20-25(2)32(24)37-39(11,12)34(5,6)7)31(23-28-15-17-36-18-16-28)30-21-26(3)33(27(4)22-30)38-40(13,14)35(8,9)10/h19-22,28,31,36H,15-18,23H2,1-14H3. The first-order valence-corrected chi connectivity index (χ1v) is 21.4. The van der Waals surface area contributed by atoms with Gasteiger partial charge < -0.3 is 14.2 Å². The Labute approximate surface area is 249 Å². The molecule has 5 heteroatoms. The summed E-state index contributed by atoms with van der Waals surface area (Å²) in [7, 11) is -3.85. The molecule has 0 saturated carbocycles. The Morgan fingerprint density at radius 3 is 1.30 bits per heavy atom. The molecule has 0 radical (unpaired) electrons. The summed E-state index contributed by atoms with van der Waals surface area (Å²) >= 11 is 0. The number of hydrogen-bond donors (Lipinski definition) is 1. The fourth-order valence-electron chi connectivity index (χ4n) is 5.42. The van der Waals surface area contributed by atoms with E-state index in [-0.39, 0.29) is 10.1 Å². The molecule has 1 fully saturated rings. The van der Waals surface area contributed by atoms with Crippen molar-refractivity contribution < 1.29 is 8.85 Å². The van der Waals surface area contributed by atoms with Crippen LogP contribution in [0.4, 0.5) is 0 Å². The summed E-state index contributed by atoms with van der Waals surface area (Å²) in [5, 5.41) is 3.91. The van der Waals surface area contributed by atoms with Crippen LogP contribution in [0.1, 0.15) is 100 Å². The van der Waals surface area contributed by atoms with Crippen molar-refractivity contribution >= 4 is 16.6 Å². The SMILES string of the molecule is Cc1cc(C(CC2CCNCC2)c2cc(C)c(O[Si](C)(C)C(C)(C)C)c(C)c2)cc(C)c1O[Si](C)(C)C(C)(C)C. The van der Waals surface area contributed by atoms with E-state index in [0.29, 0.717) is 5.92 Å². The minimum Gasteiger partial charge on any atom is -0.543 e. The molecule has 2 aromatic rings. The maximum Gasteiger partial charge on any atom is 0.250 e. The summed E-state index contributed by atoms with van der Waals surface area (Å²) in [6.07, 6.45) is 3.70. The van der Waals surface area contributed by atoms with Crippen molar-refractivity contribution in [2.75, 3.05) is 13.1 Å². The van der Waals surface area contributed by atoms with E-state index in [2.05, 4.69) is 125 Å². The molecule has 0 atom stereocenters. The van der Waals surface area contributed by atoms with Crippen LogP contribution in [0, 0.1) is 33.6 Å². The molecule has 1 aliphatic heterocycles. The molecule has 0 amide bonds. The van der Waals surface area contributed by atoms with Crippen molar-refractivity contribution in [2.24, 2.45) is 5.92 Å². The average molecular weight is 582 g/mol. The molecule has 0 spiro atoms. The molecule has 1 heterocycles. The zero-order chi connectivity index (χ0) is 30.3. The van der Waals surface area contributed by atoms with Crippen molar-refractivity contribution in [3.63, 3.8) is 0 Å². The van der Waals surface area contributed by atoms with E-state index < -0.39 is 16.6 Å². The Kier molecular flexibility index (Phi) is 9.86. The van der Waals surface area contributed by atoms with Crippen molar-refractivity contribution in [2.45, 2.75) is 131 Å². The molecule has 1 aliphatic rings. The number of piperidine rings is 1. The van der Waals surface area contributed by atoms with E-state index in [1.807, 2.05) is 0 Å². The van der Waals surface area contributed by atoms with Gasteiger partial charge in [0.05, 0.1) is 0 Å². The molecule has 0 unspecified atom stereocenters. The van der Waals surface area contributed by atoms with Gasteiger partial charge in [-0.1, -0.05) is 65.8 Å². The van der Waals surface area contributed by atoms with Gasteiger partial charge in [-0.2, -0.15) is 0 Å². The number of hydrogen-bond acceptors (Lipinski definition) is 3. The number of rotatable bonds is 8. The van der Waals surface area contributed by atoms with Crippen molar-refractivity contribution in [1.82, 2.24) is 5.32 Å². The molecule has 3 nitrogen and oxygen atoms in total. The monoisotopic (exact) mass is 581 g/mol. The van der Waals surface area contributed by atoms with Crippen LogP contribution in [-0.4, -0.2) is 29.7 Å². The molecule has 1 N–H and O–H groups in total. The van der Waals surface area contributed by atoms with E-state index in [1.165, 1.54) is 52.6 Å². The lowest BCUT2D eigenvalue weighted by Gasteiger charge is -2.38. The fraction of sp³-hybridized carbons (Fsp3) is 0.657. The maximum atomic E-state index is 6.86. The minimum atomic E-state index is -1.92. The van der Waals surface area contributed by atoms with E-state index in [1.54, 1.807) is 0 Å². The molecule has 40 heavy (non-hydrogen) atoms. The van der Waals surface area contributed by atoms with Gasteiger partial charge in [0.1, 0.15) is 11.5 Å². The highest BCUT2D eigenvalue weighted by atomic mass is 28.4. The number of benzene rings is 2. The van der Waals surface area contributed by atoms with Crippen LogP contribution >= 0.6 is 0 Å². The smallest absolute Gasteiger partial charge is 0.250 e. The molecule has 224 valence electrons. The molecule has 0 aliphatic carbocycles. The largest absolute Gasteiger partial charge is 0.543 e. The third-order valence-corrected chi connectivity index (χ3v) is 18.8. The Bertz CT molecular complexity index is 1050. The summed E-state index contributed by atoms with van der Waals surface area (Å²) in [6.45, 7) is 34.5. The quantitative estimate of drug-likeness (QED) is 0.315. The van der Waals surface area contributed by atoms with Crippen LogP contribution in [0.3, 0.4) is 0 Å². The molecular formula is C35H59NO2Si2. The highest BCUT2D eigenvalue weighted by molar-refractivity contribution is 6.75. The molecule has 0 aromatic heterocycles. The van der Waals surface area contributed by atoms with Gasteiger partial charge in [0, 0.05) is 5.92 Å². The first kappa shape index (κ1) is 32.9. The predicted octanol–water partition coefficient (Wildman–Crippen LogP) is 10.2. The van der Waals surface area contributed by atoms with Gasteiger partial charge in [-0.15, -0.1) is 0 Å². The van der Waals surface area contributed by atoms with Gasteiger partial charge >= 0.3 is 0 Å². The zero-order valence-electron chi connectivity index (χ0n) is 28.3. The highest BCUT2D eigenvalue weighted by Crippen LogP contribution is 2.44. The summed E-state index contributed by atoms with van der Waals surface area (Å²) in [6, 6.07) is 9.69. The molecule has 0 bridgehead atoms. The first-order valence-electron chi connectivity index (χ1n) is 15.5. The van der Waals surface area contributed by atoms with E-state index in [0.717, 1.165) is 30.5 Å². The Morgan fingerprint density at radius 1 is 0.675 bits per heavy atom. The van der Waals surface area contributed by atoms with Crippen molar-refractivity contribution in [1.29, 1.82) is 0 Å². The van der Waals surface area contributed by atoms with Gasteiger partial charge in [-0.3, -0.25) is 0 Å². The summed E-state index contributed by atoms with van der Waals surface area (Å²) in [5.41, 5.74) is 7.91. The van der Waals surface area contributed by atoms with Gasteiger partial charge in [0.15, 0.2) is 0 Å². The Balaban J connectivity index is 2.06. The lowest BCUT2D eigenvalue weighted by atomic mass is 9.79. The van der Waals surface area contributed by atoms with Crippen LogP contribution in [0.2, 0.25) is 36.3 Å². The Morgan fingerprint density at radius 2 is 1.00 bits per heavy atom. The lowest BCUT2D eigenvalue weighted by Crippen LogP contribution is -2.44. The topological polar surface area (TPSA) is 30.5 Å². The molecular weight excluding hydrogens is 523 g/mol. The van der Waals surface area contributed by atoms with Gasteiger partial charge in [0.25, 0.3) is 16.6 Å². The predicted molar refractivity (Wildman–Crippen MR) is 180 cm³/mol. The second-order valence-corrected chi connectivity index (χ2v) is 25.1. The van der Waals surface area contributed by atoms with Crippen molar-refractivity contribution in [3.8, 4) is 11.5 Å². The van der Waals surface area contributed by atoms with Crippen LogP contribution in [0.5, 0.6) is 11.5 Å². The summed E-state index contributed by atoms with van der Waals surface area (Å²) in [5.74, 6) is 3.29. The van der Waals surface area contributed by atoms with Gasteiger partial charge in [0.2, 0.25) is 0 Å². The maximum absolute atomic E-state index is 6.86. The van der Waals surface area contributed by atoms with E-state index in [9.17, 15) is 0 Å². The molecule has 1 saturated heterocycles. The second-order valence-electron chi connectivity index (χ2n) is 15.7. The normalized spacial score (nSPS) is 16.0. The fourth-order valence-corrected chi connectivity index (χ4v) is 7.70. The zero-order valence-corrected chi connectivity index (χ0v) is 30.3. The third kappa shape index (κ3) is 7.44. The van der Waals surface area contributed by atoms with Crippen molar-refractivity contribution in [3.05, 3.63) is 57.6 Å². The lowest BCUT2D eigenvalue weighted by molar-refractivity contribution is 0.342. The minimum absolute atomic E-state index is 0.172. The van der Waals surface area contributed by atoms with Crippen LogP contribution in [-0.2, 0) is 0 Å². The Hall–Kier alpha value is -1.57. The van der Waals surface area contributed by atoms with Gasteiger partial charge in [-0.05, 0) is 136 Å². The van der Waals surface area contributed by atoms with E-state index >= 15 is 0 Å². The first-order chi connectivity index (χ1) is 18.2. The second kappa shape index (κ2) is 12.0. The van der Waals surface area contributed by atoms with Gasteiger partial charge in [-0.25, -0.2) is 0 Å².